The first-order chi connectivity index (χ1) is 13.5. The second kappa shape index (κ2) is 8.80. The maximum Gasteiger partial charge on any atom is 0.258 e. The van der Waals surface area contributed by atoms with Crippen molar-refractivity contribution in [2.45, 2.75) is 33.4 Å². The molecule has 3 rings (SSSR count). The molecule has 1 atom stereocenters. The van der Waals surface area contributed by atoms with Gasteiger partial charge in [-0.05, 0) is 44.7 Å². The van der Waals surface area contributed by atoms with E-state index in [9.17, 15) is 9.59 Å². The molecule has 0 bridgehead atoms. The highest BCUT2D eigenvalue weighted by atomic mass is 16.2. The summed E-state index contributed by atoms with van der Waals surface area (Å²) in [6, 6.07) is 16.6. The zero-order chi connectivity index (χ0) is 20.1. The molecule has 2 aromatic carbocycles. The van der Waals surface area contributed by atoms with Gasteiger partial charge in [0.15, 0.2) is 0 Å². The Morgan fingerprint density at radius 1 is 1.04 bits per heavy atom. The van der Waals surface area contributed by atoms with Crippen LogP contribution in [0.4, 0.5) is 5.69 Å². The fraction of sp³-hybridized carbons (Fsp3) is 0.318. The second-order valence-electron chi connectivity index (χ2n) is 6.69. The van der Waals surface area contributed by atoms with Crippen LogP contribution in [0.25, 0.3) is 10.9 Å². The lowest BCUT2D eigenvalue weighted by atomic mass is 10.2. The summed E-state index contributed by atoms with van der Waals surface area (Å²) in [7, 11) is 0. The monoisotopic (exact) mass is 378 g/mol. The van der Waals surface area contributed by atoms with Crippen molar-refractivity contribution in [3.05, 3.63) is 70.8 Å². The van der Waals surface area contributed by atoms with Crippen LogP contribution in [0.3, 0.4) is 0 Å². The number of carbonyl (C=O) groups excluding carboxylic acids is 1. The van der Waals surface area contributed by atoms with E-state index in [0.717, 1.165) is 5.69 Å². The van der Waals surface area contributed by atoms with Gasteiger partial charge in [-0.25, -0.2) is 4.98 Å². The molecule has 28 heavy (non-hydrogen) atoms. The van der Waals surface area contributed by atoms with Gasteiger partial charge in [-0.3, -0.25) is 14.5 Å². The number of nitrogens with one attached hydrogen (secondary N) is 1. The SMILES string of the molecule is CCN(C(=O)C(C)N(CC)Cc1nc2ccccc2c(=O)[nH]1)c1ccccc1. The molecular weight excluding hydrogens is 352 g/mol. The van der Waals surface area contributed by atoms with E-state index in [1.807, 2.05) is 74.2 Å². The Kier molecular flexibility index (Phi) is 6.21. The van der Waals surface area contributed by atoms with Crippen molar-refractivity contribution in [1.29, 1.82) is 0 Å². The molecule has 1 aromatic heterocycles. The molecule has 6 heteroatoms. The number of fused-ring (bicyclic) bond motifs is 1. The van der Waals surface area contributed by atoms with E-state index in [0.29, 0.717) is 36.4 Å². The molecule has 0 spiro atoms. The van der Waals surface area contributed by atoms with E-state index in [-0.39, 0.29) is 17.5 Å². The third kappa shape index (κ3) is 4.12. The number of nitrogens with zero attached hydrogens (tertiary/aromatic N) is 3. The third-order valence-electron chi connectivity index (χ3n) is 4.98. The largest absolute Gasteiger partial charge is 0.311 e. The Morgan fingerprint density at radius 2 is 1.71 bits per heavy atom. The molecule has 0 aliphatic heterocycles. The molecule has 0 aliphatic rings. The quantitative estimate of drug-likeness (QED) is 0.686. The summed E-state index contributed by atoms with van der Waals surface area (Å²) in [6.45, 7) is 7.52. The molecule has 0 saturated heterocycles. The Hall–Kier alpha value is -2.99. The van der Waals surface area contributed by atoms with Crippen molar-refractivity contribution in [2.24, 2.45) is 0 Å². The van der Waals surface area contributed by atoms with Crippen molar-refractivity contribution in [2.75, 3.05) is 18.0 Å². The smallest absolute Gasteiger partial charge is 0.258 e. The molecule has 0 saturated carbocycles. The Labute approximate surface area is 164 Å². The maximum absolute atomic E-state index is 13.1. The lowest BCUT2D eigenvalue weighted by molar-refractivity contribution is -0.123. The summed E-state index contributed by atoms with van der Waals surface area (Å²) in [6.07, 6.45) is 0. The number of aromatic nitrogens is 2. The number of benzene rings is 2. The molecular formula is C22H26N4O2. The van der Waals surface area contributed by atoms with E-state index in [1.54, 1.807) is 11.0 Å². The fourth-order valence-corrected chi connectivity index (χ4v) is 3.38. The first-order valence-corrected chi connectivity index (χ1v) is 9.63. The Morgan fingerprint density at radius 3 is 2.39 bits per heavy atom. The van der Waals surface area contributed by atoms with Crippen LogP contribution in [0.1, 0.15) is 26.6 Å². The summed E-state index contributed by atoms with van der Waals surface area (Å²) in [5, 5.41) is 0.569. The van der Waals surface area contributed by atoms with Gasteiger partial charge in [-0.2, -0.15) is 0 Å². The number of para-hydroxylation sites is 2. The van der Waals surface area contributed by atoms with E-state index >= 15 is 0 Å². The van der Waals surface area contributed by atoms with E-state index in [1.165, 1.54) is 0 Å². The highest BCUT2D eigenvalue weighted by molar-refractivity contribution is 5.96. The number of amides is 1. The van der Waals surface area contributed by atoms with Gasteiger partial charge in [0, 0.05) is 12.2 Å². The summed E-state index contributed by atoms with van der Waals surface area (Å²) < 4.78 is 0. The fourth-order valence-electron chi connectivity index (χ4n) is 3.38. The van der Waals surface area contributed by atoms with Crippen molar-refractivity contribution in [3.8, 4) is 0 Å². The molecule has 0 aliphatic carbocycles. The molecule has 1 N–H and O–H groups in total. The molecule has 0 radical (unpaired) electrons. The van der Waals surface area contributed by atoms with Crippen molar-refractivity contribution in [1.82, 2.24) is 14.9 Å². The third-order valence-corrected chi connectivity index (χ3v) is 4.98. The number of H-pyrrole nitrogens is 1. The minimum atomic E-state index is -0.345. The minimum absolute atomic E-state index is 0.0266. The average molecular weight is 378 g/mol. The molecule has 3 aromatic rings. The molecule has 1 heterocycles. The Bertz CT molecular complexity index is 1000. The van der Waals surface area contributed by atoms with Crippen molar-refractivity contribution < 1.29 is 4.79 Å². The van der Waals surface area contributed by atoms with Crippen LogP contribution in [0.5, 0.6) is 0 Å². The molecule has 1 unspecified atom stereocenters. The summed E-state index contributed by atoms with van der Waals surface area (Å²) >= 11 is 0. The zero-order valence-electron chi connectivity index (χ0n) is 16.6. The number of hydrogen-bond acceptors (Lipinski definition) is 4. The maximum atomic E-state index is 13.1. The first kappa shape index (κ1) is 19.8. The van der Waals surface area contributed by atoms with Gasteiger partial charge >= 0.3 is 0 Å². The summed E-state index contributed by atoms with van der Waals surface area (Å²) in [5.74, 6) is 0.589. The van der Waals surface area contributed by atoms with E-state index < -0.39 is 0 Å². The predicted molar refractivity (Wildman–Crippen MR) is 112 cm³/mol. The van der Waals surface area contributed by atoms with Crippen LogP contribution in [0.2, 0.25) is 0 Å². The number of anilines is 1. The number of rotatable bonds is 7. The van der Waals surface area contributed by atoms with Crippen LogP contribution >= 0.6 is 0 Å². The Balaban J connectivity index is 1.82. The predicted octanol–water partition coefficient (Wildman–Crippen LogP) is 3.19. The average Bonchev–Trinajstić information content (AvgIpc) is 2.73. The van der Waals surface area contributed by atoms with Crippen LogP contribution in [-0.4, -0.2) is 39.9 Å². The van der Waals surface area contributed by atoms with Gasteiger partial charge in [0.25, 0.3) is 5.56 Å². The highest BCUT2D eigenvalue weighted by Gasteiger charge is 2.26. The standard InChI is InChI=1S/C22H26N4O2/c1-4-25(15-20-23-19-14-10-9-13-18(19)21(27)24-20)16(3)22(28)26(5-2)17-11-7-6-8-12-17/h6-14,16H,4-5,15H2,1-3H3,(H,23,24,27). The van der Waals surface area contributed by atoms with Crippen LogP contribution in [0, 0.1) is 0 Å². The summed E-state index contributed by atoms with van der Waals surface area (Å²) in [4.78, 5) is 36.7. The molecule has 0 fully saturated rings. The summed E-state index contributed by atoms with van der Waals surface area (Å²) in [5.41, 5.74) is 1.39. The molecule has 1 amide bonds. The second-order valence-corrected chi connectivity index (χ2v) is 6.69. The lowest BCUT2D eigenvalue weighted by Gasteiger charge is -2.31. The lowest BCUT2D eigenvalue weighted by Crippen LogP contribution is -2.47. The van der Waals surface area contributed by atoms with Gasteiger partial charge in [0.2, 0.25) is 5.91 Å². The van der Waals surface area contributed by atoms with Crippen molar-refractivity contribution in [3.63, 3.8) is 0 Å². The molecule has 146 valence electrons. The first-order valence-electron chi connectivity index (χ1n) is 9.63. The van der Waals surface area contributed by atoms with Gasteiger partial charge in [0.05, 0.1) is 23.5 Å². The minimum Gasteiger partial charge on any atom is -0.311 e. The van der Waals surface area contributed by atoms with E-state index in [4.69, 9.17) is 0 Å². The normalized spacial score (nSPS) is 12.3. The number of hydrogen-bond donors (Lipinski definition) is 1. The van der Waals surface area contributed by atoms with Crippen LogP contribution in [-0.2, 0) is 11.3 Å². The highest BCUT2D eigenvalue weighted by Crippen LogP contribution is 2.17. The number of likely N-dealkylation sites (N-methyl/N-ethyl adjacent to an activating group) is 2. The van der Waals surface area contributed by atoms with Gasteiger partial charge < -0.3 is 9.88 Å². The van der Waals surface area contributed by atoms with Gasteiger partial charge in [0.1, 0.15) is 5.82 Å². The topological polar surface area (TPSA) is 69.3 Å². The molecule has 6 nitrogen and oxygen atoms in total. The van der Waals surface area contributed by atoms with Crippen molar-refractivity contribution >= 4 is 22.5 Å². The number of aromatic amines is 1. The van der Waals surface area contributed by atoms with Crippen LogP contribution < -0.4 is 10.5 Å². The zero-order valence-corrected chi connectivity index (χ0v) is 16.6. The van der Waals surface area contributed by atoms with Crippen LogP contribution in [0.15, 0.2) is 59.4 Å². The van der Waals surface area contributed by atoms with E-state index in [2.05, 4.69) is 9.97 Å². The number of carbonyl (C=O) groups is 1. The van der Waals surface area contributed by atoms with Gasteiger partial charge in [-0.15, -0.1) is 0 Å². The van der Waals surface area contributed by atoms with Gasteiger partial charge in [-0.1, -0.05) is 37.3 Å².